The second-order valence-corrected chi connectivity index (χ2v) is 11.5. The molecular weight excluding hydrogens is 508 g/mol. The Balaban J connectivity index is 0.000000276. The van der Waals surface area contributed by atoms with Crippen molar-refractivity contribution in [2.75, 3.05) is 59.5 Å². The van der Waals surface area contributed by atoms with Crippen molar-refractivity contribution in [1.82, 2.24) is 0 Å². The highest BCUT2D eigenvalue weighted by Crippen LogP contribution is 2.67. The van der Waals surface area contributed by atoms with E-state index < -0.39 is 29.5 Å². The van der Waals surface area contributed by atoms with Gasteiger partial charge in [0.2, 0.25) is 0 Å². The van der Waals surface area contributed by atoms with Crippen LogP contribution < -0.4 is 0 Å². The van der Waals surface area contributed by atoms with Gasteiger partial charge >= 0.3 is 0 Å². The zero-order chi connectivity index (χ0) is 28.7. The molecule has 0 heterocycles. The molecule has 0 spiro atoms. The minimum absolute atomic E-state index is 0.00912. The van der Waals surface area contributed by atoms with Crippen LogP contribution in [0, 0.1) is 28.6 Å². The maximum Gasteiger partial charge on any atom is 0.190 e. The van der Waals surface area contributed by atoms with Gasteiger partial charge in [-0.2, -0.15) is 0 Å². The molecule has 10 nitrogen and oxygen atoms in total. The minimum Gasteiger partial charge on any atom is -0.394 e. The van der Waals surface area contributed by atoms with Crippen LogP contribution in [-0.2, 0) is 23.8 Å². The number of carbonyl (C=O) groups excluding carboxylic acids is 2. The molecule has 4 aliphatic rings. The lowest BCUT2D eigenvalue weighted by Crippen LogP contribution is -2.61. The van der Waals surface area contributed by atoms with Crippen LogP contribution in [-0.4, -0.2) is 108 Å². The number of hydrogen-bond donors (Lipinski definition) is 5. The number of aliphatic hydroxyl groups is 5. The monoisotopic (exact) mass is 554 g/mol. The molecule has 0 aromatic heterocycles. The van der Waals surface area contributed by atoms with Gasteiger partial charge in [-0.15, -0.1) is 0 Å². The van der Waals surface area contributed by atoms with Crippen LogP contribution in [0.15, 0.2) is 23.8 Å². The van der Waals surface area contributed by atoms with Gasteiger partial charge in [-0.3, -0.25) is 9.59 Å². The van der Waals surface area contributed by atoms with Crippen LogP contribution in [0.2, 0.25) is 0 Å². The fourth-order valence-electron chi connectivity index (χ4n) is 7.59. The Morgan fingerprint density at radius 2 is 1.56 bits per heavy atom. The number of allylic oxidation sites excluding steroid dienone is 4. The predicted octanol–water partition coefficient (Wildman–Crippen LogP) is 0.578. The molecule has 39 heavy (non-hydrogen) atoms. The van der Waals surface area contributed by atoms with Crippen molar-refractivity contribution < 1.29 is 49.3 Å². The standard InChI is InChI=1S/C21H28O5.C8H18O5/c1-19-7-5-13(23)9-12(19)3-4-14-15-6-8-21(26,17(25)11-22)20(15,2)10-16(24)18(14)19;9-1-3-11-5-7-13-8-6-12-4-2-10/h5,7,9,14-16,18,22,24,26H,3-4,6,8,10-11H2,1-2H3;9-10H,1-8H2/t14-,15-,16?,18+,19-,20-,21-;/m0./s1. The Hall–Kier alpha value is -1.50. The number of rotatable bonds is 12. The normalized spacial score (nSPS) is 36.8. The van der Waals surface area contributed by atoms with E-state index in [9.17, 15) is 24.9 Å². The predicted molar refractivity (Wildman–Crippen MR) is 142 cm³/mol. The molecule has 3 fully saturated rings. The van der Waals surface area contributed by atoms with Gasteiger partial charge in [0.15, 0.2) is 11.6 Å². The summed E-state index contributed by atoms with van der Waals surface area (Å²) in [5.74, 6) is -0.227. The molecule has 0 aromatic rings. The fraction of sp³-hybridized carbons (Fsp3) is 0.793. The van der Waals surface area contributed by atoms with Crippen LogP contribution in [0.25, 0.3) is 0 Å². The van der Waals surface area contributed by atoms with Crippen LogP contribution in [0.1, 0.15) is 46.0 Å². The molecule has 0 bridgehead atoms. The van der Waals surface area contributed by atoms with Gasteiger partial charge in [0.1, 0.15) is 12.2 Å². The van der Waals surface area contributed by atoms with E-state index in [1.165, 1.54) is 0 Å². The van der Waals surface area contributed by atoms with E-state index in [1.54, 1.807) is 12.2 Å². The van der Waals surface area contributed by atoms with E-state index in [-0.39, 0.29) is 42.2 Å². The third kappa shape index (κ3) is 6.54. The van der Waals surface area contributed by atoms with Crippen LogP contribution in [0.3, 0.4) is 0 Å². The van der Waals surface area contributed by atoms with Gasteiger partial charge in [-0.25, -0.2) is 0 Å². The Morgan fingerprint density at radius 1 is 0.974 bits per heavy atom. The Kier molecular flexibility index (Phi) is 11.4. The summed E-state index contributed by atoms with van der Waals surface area (Å²) in [5.41, 5.74) is -1.54. The van der Waals surface area contributed by atoms with E-state index in [0.717, 1.165) is 24.8 Å². The maximum absolute atomic E-state index is 12.4. The molecule has 0 radical (unpaired) electrons. The molecule has 4 rings (SSSR count). The molecule has 5 N–H and O–H groups in total. The molecule has 10 heteroatoms. The van der Waals surface area contributed by atoms with Gasteiger partial charge in [-0.1, -0.05) is 25.5 Å². The first-order valence-electron chi connectivity index (χ1n) is 14.0. The number of ether oxygens (including phenoxy) is 3. The van der Waals surface area contributed by atoms with E-state index in [4.69, 9.17) is 24.4 Å². The second kappa shape index (κ2) is 13.9. The molecule has 0 aromatic carbocycles. The minimum atomic E-state index is -1.56. The summed E-state index contributed by atoms with van der Waals surface area (Å²) in [7, 11) is 0. The summed E-state index contributed by atoms with van der Waals surface area (Å²) in [6, 6.07) is 0. The third-order valence-electron chi connectivity index (χ3n) is 9.47. The van der Waals surface area contributed by atoms with Gasteiger partial charge in [0, 0.05) is 16.7 Å². The molecule has 4 aliphatic carbocycles. The molecular formula is C29H46O10. The average Bonchev–Trinajstić information content (AvgIpc) is 3.18. The third-order valence-corrected chi connectivity index (χ3v) is 9.47. The molecule has 7 atom stereocenters. The summed E-state index contributed by atoms with van der Waals surface area (Å²) in [4.78, 5) is 24.2. The van der Waals surface area contributed by atoms with Crippen LogP contribution >= 0.6 is 0 Å². The van der Waals surface area contributed by atoms with Gasteiger partial charge < -0.3 is 39.7 Å². The van der Waals surface area contributed by atoms with Gasteiger partial charge in [0.05, 0.1) is 59.0 Å². The molecule has 1 unspecified atom stereocenters. The zero-order valence-electron chi connectivity index (χ0n) is 23.2. The van der Waals surface area contributed by atoms with Crippen LogP contribution in [0.4, 0.5) is 0 Å². The van der Waals surface area contributed by atoms with E-state index in [2.05, 4.69) is 6.92 Å². The first-order chi connectivity index (χ1) is 18.6. The largest absolute Gasteiger partial charge is 0.394 e. The first kappa shape index (κ1) is 32.0. The zero-order valence-corrected chi connectivity index (χ0v) is 23.2. The lowest BCUT2D eigenvalue weighted by molar-refractivity contribution is -0.178. The fourth-order valence-corrected chi connectivity index (χ4v) is 7.59. The number of carbonyl (C=O) groups is 2. The number of hydrogen-bond acceptors (Lipinski definition) is 10. The van der Waals surface area contributed by atoms with Gasteiger partial charge in [0.25, 0.3) is 0 Å². The lowest BCUT2D eigenvalue weighted by atomic mass is 9.46. The van der Waals surface area contributed by atoms with E-state index in [1.807, 2.05) is 13.0 Å². The summed E-state index contributed by atoms with van der Waals surface area (Å²) >= 11 is 0. The summed E-state index contributed by atoms with van der Waals surface area (Å²) < 4.78 is 15.0. The van der Waals surface area contributed by atoms with Gasteiger partial charge in [-0.05, 0) is 56.1 Å². The van der Waals surface area contributed by atoms with Crippen molar-refractivity contribution in [2.45, 2.75) is 57.7 Å². The number of aliphatic hydroxyl groups excluding tert-OH is 4. The Labute approximate surface area is 230 Å². The topological polar surface area (TPSA) is 163 Å². The molecule has 3 saturated carbocycles. The first-order valence-corrected chi connectivity index (χ1v) is 14.0. The smallest absolute Gasteiger partial charge is 0.190 e. The van der Waals surface area contributed by atoms with Crippen molar-refractivity contribution in [3.8, 4) is 0 Å². The van der Waals surface area contributed by atoms with Crippen molar-refractivity contribution >= 4 is 11.6 Å². The van der Waals surface area contributed by atoms with Crippen molar-refractivity contribution in [3.63, 3.8) is 0 Å². The quantitative estimate of drug-likeness (QED) is 0.216. The molecule has 0 aliphatic heterocycles. The van der Waals surface area contributed by atoms with Crippen molar-refractivity contribution in [2.24, 2.45) is 28.6 Å². The Morgan fingerprint density at radius 3 is 2.13 bits per heavy atom. The van der Waals surface area contributed by atoms with E-state index in [0.29, 0.717) is 52.5 Å². The molecule has 222 valence electrons. The number of Topliss-reactive ketones (excluding diaryl/α,β-unsaturated/α-hetero) is 1. The number of ketones is 2. The highest BCUT2D eigenvalue weighted by atomic mass is 16.5. The number of fused-ring (bicyclic) bond motifs is 5. The van der Waals surface area contributed by atoms with Crippen molar-refractivity contribution in [3.05, 3.63) is 23.8 Å². The van der Waals surface area contributed by atoms with E-state index >= 15 is 0 Å². The maximum atomic E-state index is 12.4. The molecule has 0 amide bonds. The van der Waals surface area contributed by atoms with Crippen LogP contribution in [0.5, 0.6) is 0 Å². The summed E-state index contributed by atoms with van der Waals surface area (Å²) in [6.45, 7) is 6.11. The highest BCUT2D eigenvalue weighted by Gasteiger charge is 2.67. The summed E-state index contributed by atoms with van der Waals surface area (Å²) in [6.07, 6.45) is 7.68. The highest BCUT2D eigenvalue weighted by molar-refractivity contribution is 6.01. The SMILES string of the molecule is C[C@]12C=CC(=O)C=C1CC[C@@H]1[C@@H]2C(O)C[C@@]2(C)[C@H]1CC[C@]2(O)C(=O)CO.OCCOCCOCCOCCO. The second-order valence-electron chi connectivity index (χ2n) is 11.5. The molecule has 0 saturated heterocycles. The van der Waals surface area contributed by atoms with Crippen molar-refractivity contribution in [1.29, 1.82) is 0 Å². The summed E-state index contributed by atoms with van der Waals surface area (Å²) in [5, 5.41) is 48.4. The Bertz CT molecular complexity index is 892. The lowest BCUT2D eigenvalue weighted by Gasteiger charge is -2.59. The average molecular weight is 555 g/mol.